The maximum Gasteiger partial charge on any atom is 0.265 e. The molecule has 2 saturated heterocycles. The first-order valence-corrected chi connectivity index (χ1v) is 12.0. The van der Waals surface area contributed by atoms with Crippen LogP contribution in [0.3, 0.4) is 0 Å². The molecule has 1 aromatic rings. The minimum absolute atomic E-state index is 0.0419. The van der Waals surface area contributed by atoms with Crippen molar-refractivity contribution in [3.8, 4) is 11.5 Å². The highest BCUT2D eigenvalue weighted by atomic mass is 16.5. The molecule has 3 aliphatic heterocycles. The van der Waals surface area contributed by atoms with Crippen LogP contribution in [0, 0.1) is 11.8 Å². The van der Waals surface area contributed by atoms with Crippen LogP contribution in [0.1, 0.15) is 65.2 Å². The Hall–Kier alpha value is -1.75. The Morgan fingerprint density at radius 2 is 1.93 bits per heavy atom. The molecular weight excluding hydrogens is 376 g/mol. The van der Waals surface area contributed by atoms with E-state index >= 15 is 0 Å². The zero-order chi connectivity index (χ0) is 21.1. The van der Waals surface area contributed by atoms with Gasteiger partial charge < -0.3 is 14.4 Å². The summed E-state index contributed by atoms with van der Waals surface area (Å²) in [5, 5.41) is 0. The minimum atomic E-state index is 0.0419. The number of amides is 1. The molecule has 3 heterocycles. The Bertz CT molecular complexity index is 723. The third kappa shape index (κ3) is 4.61. The van der Waals surface area contributed by atoms with Gasteiger partial charge in [0.25, 0.3) is 5.91 Å². The highest BCUT2D eigenvalue weighted by Gasteiger charge is 2.41. The third-order valence-electron chi connectivity index (χ3n) is 7.32. The SMILES string of the molecule is CCCCCC1CC2CCC(C1)N2C[C@@H](C)CN1C(=O)COc2ccc(OC)cc21. The van der Waals surface area contributed by atoms with Gasteiger partial charge in [-0.1, -0.05) is 39.5 Å². The summed E-state index contributed by atoms with van der Waals surface area (Å²) >= 11 is 0. The Labute approximate surface area is 181 Å². The van der Waals surface area contributed by atoms with Crippen molar-refractivity contribution in [3.05, 3.63) is 18.2 Å². The van der Waals surface area contributed by atoms with Crippen molar-refractivity contribution in [3.63, 3.8) is 0 Å². The lowest BCUT2D eigenvalue weighted by Crippen LogP contribution is -2.48. The van der Waals surface area contributed by atoms with Crippen molar-refractivity contribution in [1.82, 2.24) is 4.90 Å². The van der Waals surface area contributed by atoms with Crippen molar-refractivity contribution < 1.29 is 14.3 Å². The Kier molecular flexibility index (Phi) is 6.87. The molecule has 0 aromatic heterocycles. The van der Waals surface area contributed by atoms with Gasteiger partial charge in [0.2, 0.25) is 0 Å². The molecule has 0 saturated carbocycles. The average molecular weight is 415 g/mol. The van der Waals surface area contributed by atoms with Crippen LogP contribution in [0.2, 0.25) is 0 Å². The minimum Gasteiger partial charge on any atom is -0.497 e. The summed E-state index contributed by atoms with van der Waals surface area (Å²) in [6, 6.07) is 7.22. The predicted octanol–water partition coefficient (Wildman–Crippen LogP) is 4.88. The van der Waals surface area contributed by atoms with Crippen LogP contribution in [0.15, 0.2) is 18.2 Å². The molecule has 5 nitrogen and oxygen atoms in total. The largest absolute Gasteiger partial charge is 0.497 e. The van der Waals surface area contributed by atoms with Crippen LogP contribution in [0.4, 0.5) is 5.69 Å². The van der Waals surface area contributed by atoms with E-state index in [4.69, 9.17) is 9.47 Å². The van der Waals surface area contributed by atoms with E-state index in [0.717, 1.165) is 48.3 Å². The zero-order valence-corrected chi connectivity index (χ0v) is 18.9. The maximum absolute atomic E-state index is 12.6. The number of ether oxygens (including phenoxy) is 2. The number of anilines is 1. The second kappa shape index (κ2) is 9.59. The topological polar surface area (TPSA) is 42.0 Å². The van der Waals surface area contributed by atoms with Crippen LogP contribution in [0.25, 0.3) is 0 Å². The Balaban J connectivity index is 1.37. The standard InChI is InChI=1S/C25H38N2O3/c1-4-5-6-7-19-12-20-8-9-21(13-19)26(20)15-18(2)16-27-23-14-22(29-3)10-11-24(23)30-17-25(27)28/h10-11,14,18-21H,4-9,12-13,15-17H2,1-3H3/t18-,19?,20?,21?/m1/s1. The van der Waals surface area contributed by atoms with Gasteiger partial charge in [-0.2, -0.15) is 0 Å². The first-order chi connectivity index (χ1) is 14.6. The fraction of sp³-hybridized carbons (Fsp3) is 0.720. The summed E-state index contributed by atoms with van der Waals surface area (Å²) in [5.41, 5.74) is 0.843. The van der Waals surface area contributed by atoms with Crippen LogP contribution < -0.4 is 14.4 Å². The summed E-state index contributed by atoms with van der Waals surface area (Å²) in [7, 11) is 1.65. The number of carbonyl (C=O) groups excluding carboxylic acids is 1. The molecule has 4 rings (SSSR count). The van der Waals surface area contributed by atoms with Crippen LogP contribution in [0.5, 0.6) is 11.5 Å². The lowest BCUT2D eigenvalue weighted by atomic mass is 9.86. The predicted molar refractivity (Wildman–Crippen MR) is 120 cm³/mol. The van der Waals surface area contributed by atoms with E-state index in [2.05, 4.69) is 18.7 Å². The summed E-state index contributed by atoms with van der Waals surface area (Å²) < 4.78 is 11.0. The molecule has 1 amide bonds. The van der Waals surface area contributed by atoms with E-state index < -0.39 is 0 Å². The molecule has 0 radical (unpaired) electrons. The lowest BCUT2D eigenvalue weighted by molar-refractivity contribution is -0.121. The van der Waals surface area contributed by atoms with E-state index in [1.54, 1.807) is 7.11 Å². The maximum atomic E-state index is 12.6. The monoisotopic (exact) mass is 414 g/mol. The number of methoxy groups -OCH3 is 1. The Morgan fingerprint density at radius 1 is 1.17 bits per heavy atom. The number of carbonyl (C=O) groups is 1. The van der Waals surface area contributed by atoms with Crippen molar-refractivity contribution in [2.75, 3.05) is 31.7 Å². The van der Waals surface area contributed by atoms with Crippen LogP contribution in [-0.4, -0.2) is 49.7 Å². The molecule has 2 unspecified atom stereocenters. The first kappa shape index (κ1) is 21.5. The molecule has 0 N–H and O–H groups in total. The number of rotatable bonds is 9. The summed E-state index contributed by atoms with van der Waals surface area (Å²) in [5.74, 6) is 2.93. The van der Waals surface area contributed by atoms with Gasteiger partial charge in [0, 0.05) is 31.2 Å². The van der Waals surface area contributed by atoms with Gasteiger partial charge in [0.05, 0.1) is 12.8 Å². The highest BCUT2D eigenvalue weighted by Crippen LogP contribution is 2.41. The summed E-state index contributed by atoms with van der Waals surface area (Å²) in [6.07, 6.45) is 11.0. The molecule has 3 atom stereocenters. The van der Waals surface area contributed by atoms with Gasteiger partial charge >= 0.3 is 0 Å². The third-order valence-corrected chi connectivity index (χ3v) is 7.32. The number of nitrogens with zero attached hydrogens (tertiary/aromatic N) is 2. The smallest absolute Gasteiger partial charge is 0.265 e. The van der Waals surface area contributed by atoms with E-state index in [1.165, 1.54) is 51.4 Å². The van der Waals surface area contributed by atoms with Crippen LogP contribution >= 0.6 is 0 Å². The molecule has 2 fully saturated rings. The van der Waals surface area contributed by atoms with Crippen molar-refractivity contribution in [1.29, 1.82) is 0 Å². The first-order valence-electron chi connectivity index (χ1n) is 12.0. The molecule has 30 heavy (non-hydrogen) atoms. The fourth-order valence-electron chi connectivity index (χ4n) is 5.84. The normalized spacial score (nSPS) is 27.0. The van der Waals surface area contributed by atoms with E-state index in [0.29, 0.717) is 5.92 Å². The second-order valence-corrected chi connectivity index (χ2v) is 9.65. The molecule has 166 valence electrons. The summed E-state index contributed by atoms with van der Waals surface area (Å²) in [4.78, 5) is 17.3. The molecule has 5 heteroatoms. The second-order valence-electron chi connectivity index (χ2n) is 9.65. The molecule has 3 aliphatic rings. The quantitative estimate of drug-likeness (QED) is 0.540. The van der Waals surface area contributed by atoms with Gasteiger partial charge in [-0.25, -0.2) is 0 Å². The fourth-order valence-corrected chi connectivity index (χ4v) is 5.84. The van der Waals surface area contributed by atoms with E-state index in [1.807, 2.05) is 23.1 Å². The summed E-state index contributed by atoms with van der Waals surface area (Å²) in [6.45, 7) is 6.52. The van der Waals surface area contributed by atoms with Crippen molar-refractivity contribution in [2.24, 2.45) is 11.8 Å². The van der Waals surface area contributed by atoms with Crippen molar-refractivity contribution >= 4 is 11.6 Å². The van der Waals surface area contributed by atoms with Gasteiger partial charge in [-0.3, -0.25) is 9.69 Å². The molecule has 0 aliphatic carbocycles. The van der Waals surface area contributed by atoms with Crippen molar-refractivity contribution in [2.45, 2.75) is 77.3 Å². The molecule has 0 spiro atoms. The average Bonchev–Trinajstić information content (AvgIpc) is 2.97. The number of benzene rings is 1. The zero-order valence-electron chi connectivity index (χ0n) is 18.9. The van der Waals surface area contributed by atoms with Gasteiger partial charge in [-0.15, -0.1) is 0 Å². The highest BCUT2D eigenvalue weighted by molar-refractivity contribution is 5.98. The van der Waals surface area contributed by atoms with Gasteiger partial charge in [0.15, 0.2) is 6.61 Å². The number of fused-ring (bicyclic) bond motifs is 3. The van der Waals surface area contributed by atoms with Gasteiger partial charge in [0.1, 0.15) is 11.5 Å². The lowest BCUT2D eigenvalue weighted by Gasteiger charge is -2.41. The number of unbranched alkanes of at least 4 members (excludes halogenated alkanes) is 2. The van der Waals surface area contributed by atoms with Crippen LogP contribution in [-0.2, 0) is 4.79 Å². The number of hydrogen-bond donors (Lipinski definition) is 0. The number of hydrogen-bond acceptors (Lipinski definition) is 4. The van der Waals surface area contributed by atoms with E-state index in [-0.39, 0.29) is 12.5 Å². The van der Waals surface area contributed by atoms with Gasteiger partial charge in [-0.05, 0) is 49.7 Å². The molecule has 1 aromatic carbocycles. The molecular formula is C25H38N2O3. The van der Waals surface area contributed by atoms with E-state index in [9.17, 15) is 4.79 Å². The molecule has 2 bridgehead atoms. The number of piperidine rings is 1. The Morgan fingerprint density at radius 3 is 2.63 bits per heavy atom.